The minimum atomic E-state index is -4.05. The molecule has 3 aromatic rings. The number of amides is 2. The van der Waals surface area contributed by atoms with Gasteiger partial charge in [0.15, 0.2) is 0 Å². The number of ether oxygens (including phenoxy) is 2. The zero-order valence-corrected chi connectivity index (χ0v) is 19.7. The molecule has 0 unspecified atom stereocenters. The topological polar surface area (TPSA) is 123 Å². The fourth-order valence-corrected chi connectivity index (χ4v) is 4.27. The number of benzene rings is 3. The van der Waals surface area contributed by atoms with Gasteiger partial charge >= 0.3 is 0 Å². The molecule has 0 radical (unpaired) electrons. The minimum Gasteiger partial charge on any atom is -0.497 e. The molecule has 0 spiro atoms. The van der Waals surface area contributed by atoms with Crippen LogP contribution in [0.1, 0.15) is 17.3 Å². The molecule has 3 rings (SSSR count). The van der Waals surface area contributed by atoms with E-state index in [2.05, 4.69) is 15.4 Å². The molecule has 0 aliphatic heterocycles. The smallest absolute Gasteiger partial charge is 0.265 e. The van der Waals surface area contributed by atoms with E-state index in [9.17, 15) is 18.0 Å². The third kappa shape index (κ3) is 6.04. The second kappa shape index (κ2) is 10.7. The number of hydrogen-bond donors (Lipinski definition) is 3. The molecule has 2 amide bonds. The summed E-state index contributed by atoms with van der Waals surface area (Å²) in [4.78, 5) is 24.7. The maximum Gasteiger partial charge on any atom is 0.265 e. The van der Waals surface area contributed by atoms with Crippen LogP contribution in [-0.2, 0) is 14.8 Å². The Labute approximate surface area is 198 Å². The summed E-state index contributed by atoms with van der Waals surface area (Å²) >= 11 is 0. The van der Waals surface area contributed by atoms with Crippen LogP contribution in [0.15, 0.2) is 77.7 Å². The standard InChI is InChI=1S/C24H25N3O6S/c1-16(25-24(29)17-7-5-4-6-8-17)23(28)26-19-11-14-21(33-3)22(15-19)34(30,31)27-18-9-12-20(32-2)13-10-18/h4-16,27H,1-3H3,(H,25,29)(H,26,28)/t16-/m0/s1. The second-order valence-corrected chi connectivity index (χ2v) is 8.90. The molecule has 0 heterocycles. The number of hydrogen-bond acceptors (Lipinski definition) is 6. The lowest BCUT2D eigenvalue weighted by molar-refractivity contribution is -0.117. The molecule has 1 atom stereocenters. The highest BCUT2D eigenvalue weighted by Crippen LogP contribution is 2.29. The number of anilines is 2. The second-order valence-electron chi connectivity index (χ2n) is 7.25. The van der Waals surface area contributed by atoms with Crippen LogP contribution in [0.5, 0.6) is 11.5 Å². The fourth-order valence-electron chi connectivity index (χ4n) is 3.02. The van der Waals surface area contributed by atoms with Crippen LogP contribution in [-0.4, -0.2) is 40.5 Å². The van der Waals surface area contributed by atoms with Crippen molar-refractivity contribution >= 4 is 33.2 Å². The molecule has 0 aliphatic rings. The Hall–Kier alpha value is -4.05. The molecule has 0 bridgehead atoms. The Balaban J connectivity index is 1.75. The van der Waals surface area contributed by atoms with Gasteiger partial charge in [0.2, 0.25) is 5.91 Å². The van der Waals surface area contributed by atoms with Crippen LogP contribution in [0.2, 0.25) is 0 Å². The van der Waals surface area contributed by atoms with Gasteiger partial charge in [-0.1, -0.05) is 18.2 Å². The van der Waals surface area contributed by atoms with E-state index >= 15 is 0 Å². The molecule has 178 valence electrons. The van der Waals surface area contributed by atoms with Crippen LogP contribution in [0, 0.1) is 0 Å². The van der Waals surface area contributed by atoms with E-state index in [-0.39, 0.29) is 16.3 Å². The van der Waals surface area contributed by atoms with E-state index in [1.54, 1.807) is 54.6 Å². The predicted octanol–water partition coefficient (Wildman–Crippen LogP) is 3.26. The van der Waals surface area contributed by atoms with Crippen LogP contribution in [0.3, 0.4) is 0 Å². The van der Waals surface area contributed by atoms with Gasteiger partial charge in [0, 0.05) is 16.9 Å². The Morgan fingerprint density at radius 3 is 2.12 bits per heavy atom. The van der Waals surface area contributed by atoms with Crippen molar-refractivity contribution in [2.45, 2.75) is 17.9 Å². The van der Waals surface area contributed by atoms with Crippen LogP contribution in [0.4, 0.5) is 11.4 Å². The Kier molecular flexibility index (Phi) is 7.75. The SMILES string of the molecule is COc1ccc(NS(=O)(=O)c2cc(NC(=O)[C@H](C)NC(=O)c3ccccc3)ccc2OC)cc1. The number of methoxy groups -OCH3 is 2. The van der Waals surface area contributed by atoms with Crippen molar-refractivity contribution in [3.63, 3.8) is 0 Å². The largest absolute Gasteiger partial charge is 0.497 e. The zero-order valence-electron chi connectivity index (χ0n) is 18.9. The molecule has 3 aromatic carbocycles. The van der Waals surface area contributed by atoms with Gasteiger partial charge in [0.05, 0.1) is 14.2 Å². The Bertz CT molecular complexity index is 1260. The van der Waals surface area contributed by atoms with Gasteiger partial charge < -0.3 is 20.1 Å². The highest BCUT2D eigenvalue weighted by molar-refractivity contribution is 7.92. The van der Waals surface area contributed by atoms with Crippen molar-refractivity contribution in [2.24, 2.45) is 0 Å². The maximum absolute atomic E-state index is 13.0. The average molecular weight is 484 g/mol. The highest BCUT2D eigenvalue weighted by atomic mass is 32.2. The van der Waals surface area contributed by atoms with Crippen molar-refractivity contribution in [3.05, 3.63) is 78.4 Å². The van der Waals surface area contributed by atoms with Crippen molar-refractivity contribution in [3.8, 4) is 11.5 Å². The zero-order chi connectivity index (χ0) is 24.7. The first-order valence-electron chi connectivity index (χ1n) is 10.2. The van der Waals surface area contributed by atoms with Gasteiger partial charge in [-0.3, -0.25) is 14.3 Å². The summed E-state index contributed by atoms with van der Waals surface area (Å²) in [5, 5.41) is 5.23. The summed E-state index contributed by atoms with van der Waals surface area (Å²) in [6, 6.07) is 18.2. The summed E-state index contributed by atoms with van der Waals surface area (Å²) in [5.41, 5.74) is 0.973. The maximum atomic E-state index is 13.0. The molecular formula is C24H25N3O6S. The number of sulfonamides is 1. The third-order valence-electron chi connectivity index (χ3n) is 4.84. The molecule has 0 aliphatic carbocycles. The van der Waals surface area contributed by atoms with E-state index in [4.69, 9.17) is 9.47 Å². The van der Waals surface area contributed by atoms with Gasteiger partial charge in [-0.2, -0.15) is 0 Å². The van der Waals surface area contributed by atoms with Crippen molar-refractivity contribution in [2.75, 3.05) is 24.3 Å². The molecule has 0 saturated carbocycles. The quantitative estimate of drug-likeness (QED) is 0.429. The molecule has 10 heteroatoms. The van der Waals surface area contributed by atoms with Gasteiger partial charge in [-0.05, 0) is 61.5 Å². The molecule has 34 heavy (non-hydrogen) atoms. The molecular weight excluding hydrogens is 458 g/mol. The molecule has 3 N–H and O–H groups in total. The van der Waals surface area contributed by atoms with Gasteiger partial charge in [0.25, 0.3) is 15.9 Å². The molecule has 0 saturated heterocycles. The summed E-state index contributed by atoms with van der Waals surface area (Å²) in [6.45, 7) is 1.53. The normalized spacial score (nSPS) is 11.7. The first kappa shape index (κ1) is 24.6. The average Bonchev–Trinajstić information content (AvgIpc) is 2.84. The van der Waals surface area contributed by atoms with Crippen molar-refractivity contribution in [1.82, 2.24) is 5.32 Å². The fraction of sp³-hybridized carbons (Fsp3) is 0.167. The third-order valence-corrected chi connectivity index (χ3v) is 6.24. The predicted molar refractivity (Wildman–Crippen MR) is 129 cm³/mol. The monoisotopic (exact) mass is 483 g/mol. The van der Waals surface area contributed by atoms with Crippen LogP contribution >= 0.6 is 0 Å². The van der Waals surface area contributed by atoms with E-state index in [1.165, 1.54) is 39.3 Å². The lowest BCUT2D eigenvalue weighted by Crippen LogP contribution is -2.41. The van der Waals surface area contributed by atoms with Crippen molar-refractivity contribution < 1.29 is 27.5 Å². The summed E-state index contributed by atoms with van der Waals surface area (Å²) in [6.07, 6.45) is 0. The molecule has 0 fully saturated rings. The van der Waals surface area contributed by atoms with E-state index in [0.717, 1.165) is 0 Å². The van der Waals surface area contributed by atoms with E-state index in [1.807, 2.05) is 0 Å². The van der Waals surface area contributed by atoms with Gasteiger partial charge in [-0.15, -0.1) is 0 Å². The van der Waals surface area contributed by atoms with Crippen LogP contribution < -0.4 is 24.8 Å². The molecule has 0 aromatic heterocycles. The van der Waals surface area contributed by atoms with Crippen molar-refractivity contribution in [1.29, 1.82) is 0 Å². The number of nitrogens with one attached hydrogen (secondary N) is 3. The Morgan fingerprint density at radius 2 is 1.50 bits per heavy atom. The van der Waals surface area contributed by atoms with Crippen LogP contribution in [0.25, 0.3) is 0 Å². The highest BCUT2D eigenvalue weighted by Gasteiger charge is 2.22. The van der Waals surface area contributed by atoms with Gasteiger partial charge in [-0.25, -0.2) is 8.42 Å². The minimum absolute atomic E-state index is 0.101. The number of carbonyl (C=O) groups excluding carboxylic acids is 2. The van der Waals surface area contributed by atoms with E-state index in [0.29, 0.717) is 17.0 Å². The summed E-state index contributed by atoms with van der Waals surface area (Å²) in [7, 11) is -1.19. The lowest BCUT2D eigenvalue weighted by Gasteiger charge is -2.16. The van der Waals surface area contributed by atoms with E-state index < -0.39 is 27.9 Å². The van der Waals surface area contributed by atoms with Gasteiger partial charge in [0.1, 0.15) is 22.4 Å². The number of rotatable bonds is 9. The number of carbonyl (C=O) groups is 2. The lowest BCUT2D eigenvalue weighted by atomic mass is 10.2. The first-order chi connectivity index (χ1) is 16.2. The first-order valence-corrected chi connectivity index (χ1v) is 11.7. The summed E-state index contributed by atoms with van der Waals surface area (Å²) in [5.74, 6) is -0.228. The summed E-state index contributed by atoms with van der Waals surface area (Å²) < 4.78 is 38.8. The molecule has 9 nitrogen and oxygen atoms in total. The Morgan fingerprint density at radius 1 is 0.853 bits per heavy atom.